The summed E-state index contributed by atoms with van der Waals surface area (Å²) in [5, 5.41) is 0. The standard InChI is InChI=1S/C16H22N2O3/c17-14-9-5-2-6-10-18(16(14)20)11-15(19)21-12-13-7-3-1-4-8-13/h1,3-4,7-8,14H,2,5-6,9-12,17H2. The largest absolute Gasteiger partial charge is 0.459 e. The van der Waals surface area contributed by atoms with E-state index in [1.54, 1.807) is 0 Å². The van der Waals surface area contributed by atoms with Gasteiger partial charge in [0.15, 0.2) is 0 Å². The zero-order valence-electron chi connectivity index (χ0n) is 12.2. The first-order valence-electron chi connectivity index (χ1n) is 7.41. The van der Waals surface area contributed by atoms with Crippen molar-refractivity contribution in [3.8, 4) is 0 Å². The second kappa shape index (κ2) is 7.78. The molecule has 1 saturated heterocycles. The molecule has 114 valence electrons. The van der Waals surface area contributed by atoms with E-state index in [4.69, 9.17) is 10.5 Å². The van der Waals surface area contributed by atoms with Crippen LogP contribution in [-0.4, -0.2) is 35.9 Å². The molecule has 2 N–H and O–H groups in total. The fraction of sp³-hybridized carbons (Fsp3) is 0.500. The van der Waals surface area contributed by atoms with Crippen LogP contribution in [-0.2, 0) is 20.9 Å². The van der Waals surface area contributed by atoms with Crippen LogP contribution in [0.3, 0.4) is 0 Å². The van der Waals surface area contributed by atoms with Crippen LogP contribution in [0.5, 0.6) is 0 Å². The Balaban J connectivity index is 1.84. The van der Waals surface area contributed by atoms with E-state index in [1.165, 1.54) is 4.90 Å². The molecule has 1 aromatic carbocycles. The van der Waals surface area contributed by atoms with Crippen molar-refractivity contribution in [3.63, 3.8) is 0 Å². The lowest BCUT2D eigenvalue weighted by Crippen LogP contribution is -2.47. The number of rotatable bonds is 4. The van der Waals surface area contributed by atoms with Crippen LogP contribution in [0.2, 0.25) is 0 Å². The van der Waals surface area contributed by atoms with Gasteiger partial charge < -0.3 is 15.4 Å². The molecule has 1 unspecified atom stereocenters. The Morgan fingerprint density at radius 2 is 2.00 bits per heavy atom. The van der Waals surface area contributed by atoms with Crippen LogP contribution in [0.1, 0.15) is 31.2 Å². The van der Waals surface area contributed by atoms with E-state index >= 15 is 0 Å². The van der Waals surface area contributed by atoms with Crippen molar-refractivity contribution < 1.29 is 14.3 Å². The third kappa shape index (κ3) is 4.86. The van der Waals surface area contributed by atoms with Crippen molar-refractivity contribution in [2.24, 2.45) is 5.73 Å². The van der Waals surface area contributed by atoms with Crippen LogP contribution in [0.15, 0.2) is 30.3 Å². The van der Waals surface area contributed by atoms with Gasteiger partial charge in [-0.05, 0) is 18.4 Å². The summed E-state index contributed by atoms with van der Waals surface area (Å²) in [4.78, 5) is 25.5. The molecule has 5 heteroatoms. The van der Waals surface area contributed by atoms with Crippen molar-refractivity contribution in [3.05, 3.63) is 35.9 Å². The van der Waals surface area contributed by atoms with Gasteiger partial charge in [0, 0.05) is 6.54 Å². The molecular weight excluding hydrogens is 268 g/mol. The number of benzene rings is 1. The lowest BCUT2D eigenvalue weighted by Gasteiger charge is -2.27. The summed E-state index contributed by atoms with van der Waals surface area (Å²) in [7, 11) is 0. The van der Waals surface area contributed by atoms with Gasteiger partial charge in [-0.3, -0.25) is 9.59 Å². The Labute approximate surface area is 125 Å². The fourth-order valence-corrected chi connectivity index (χ4v) is 2.41. The van der Waals surface area contributed by atoms with Gasteiger partial charge >= 0.3 is 5.97 Å². The molecule has 1 heterocycles. The number of nitrogens with two attached hydrogens (primary N) is 1. The van der Waals surface area contributed by atoms with Gasteiger partial charge in [-0.15, -0.1) is 0 Å². The maximum absolute atomic E-state index is 12.1. The third-order valence-corrected chi connectivity index (χ3v) is 3.63. The zero-order valence-corrected chi connectivity index (χ0v) is 12.2. The summed E-state index contributed by atoms with van der Waals surface area (Å²) in [5.74, 6) is -0.536. The van der Waals surface area contributed by atoms with Gasteiger partial charge in [0.2, 0.25) is 5.91 Å². The lowest BCUT2D eigenvalue weighted by molar-refractivity contribution is -0.151. The molecule has 0 radical (unpaired) electrons. The molecule has 2 rings (SSSR count). The van der Waals surface area contributed by atoms with Gasteiger partial charge in [0.1, 0.15) is 13.2 Å². The monoisotopic (exact) mass is 290 g/mol. The summed E-state index contributed by atoms with van der Waals surface area (Å²) in [6, 6.07) is 8.99. The van der Waals surface area contributed by atoms with Gasteiger partial charge in [0.05, 0.1) is 6.04 Å². The van der Waals surface area contributed by atoms with E-state index in [-0.39, 0.29) is 25.0 Å². The molecular formula is C16H22N2O3. The smallest absolute Gasteiger partial charge is 0.325 e. The second-order valence-electron chi connectivity index (χ2n) is 5.36. The van der Waals surface area contributed by atoms with Crippen molar-refractivity contribution in [1.82, 2.24) is 4.90 Å². The molecule has 0 aliphatic carbocycles. The molecule has 1 aliphatic rings. The SMILES string of the molecule is NC1CCCCCN(CC(=O)OCc2ccccc2)C1=O. The Morgan fingerprint density at radius 3 is 2.76 bits per heavy atom. The molecule has 0 spiro atoms. The molecule has 0 bridgehead atoms. The molecule has 1 amide bonds. The van der Waals surface area contributed by atoms with Crippen LogP contribution >= 0.6 is 0 Å². The summed E-state index contributed by atoms with van der Waals surface area (Å²) in [6.45, 7) is 0.792. The molecule has 5 nitrogen and oxygen atoms in total. The van der Waals surface area contributed by atoms with Crippen LogP contribution in [0, 0.1) is 0 Å². The Morgan fingerprint density at radius 1 is 1.24 bits per heavy atom. The normalized spacial score (nSPS) is 19.8. The summed E-state index contributed by atoms with van der Waals surface area (Å²) in [5.41, 5.74) is 6.77. The first-order chi connectivity index (χ1) is 10.2. The minimum absolute atomic E-state index is 0.0145. The summed E-state index contributed by atoms with van der Waals surface area (Å²) in [6.07, 6.45) is 3.61. The van der Waals surface area contributed by atoms with E-state index in [2.05, 4.69) is 0 Å². The van der Waals surface area contributed by atoms with E-state index in [1.807, 2.05) is 30.3 Å². The number of carbonyl (C=O) groups is 2. The van der Waals surface area contributed by atoms with E-state index < -0.39 is 6.04 Å². The molecule has 0 saturated carbocycles. The van der Waals surface area contributed by atoms with Crippen molar-refractivity contribution in [1.29, 1.82) is 0 Å². The average Bonchev–Trinajstić information content (AvgIpc) is 2.50. The zero-order chi connectivity index (χ0) is 15.1. The second-order valence-corrected chi connectivity index (χ2v) is 5.36. The quantitative estimate of drug-likeness (QED) is 0.852. The van der Waals surface area contributed by atoms with Gasteiger partial charge in [0.25, 0.3) is 0 Å². The average molecular weight is 290 g/mol. The molecule has 1 aliphatic heterocycles. The van der Waals surface area contributed by atoms with Gasteiger partial charge in [-0.1, -0.05) is 43.2 Å². The summed E-state index contributed by atoms with van der Waals surface area (Å²) < 4.78 is 5.21. The predicted octanol–water partition coefficient (Wildman–Crippen LogP) is 1.46. The van der Waals surface area contributed by atoms with Crippen LogP contribution in [0.4, 0.5) is 0 Å². The number of ether oxygens (including phenoxy) is 1. The van der Waals surface area contributed by atoms with E-state index in [0.29, 0.717) is 13.0 Å². The number of amides is 1. The highest BCUT2D eigenvalue weighted by molar-refractivity contribution is 5.85. The molecule has 1 fully saturated rings. The Kier molecular flexibility index (Phi) is 5.75. The van der Waals surface area contributed by atoms with Gasteiger partial charge in [-0.25, -0.2) is 0 Å². The van der Waals surface area contributed by atoms with Crippen LogP contribution < -0.4 is 5.73 Å². The summed E-state index contributed by atoms with van der Waals surface area (Å²) >= 11 is 0. The lowest BCUT2D eigenvalue weighted by atomic mass is 10.0. The minimum atomic E-state index is -0.493. The number of hydrogen-bond acceptors (Lipinski definition) is 4. The Hall–Kier alpha value is -1.88. The highest BCUT2D eigenvalue weighted by Gasteiger charge is 2.24. The number of hydrogen-bond donors (Lipinski definition) is 1. The van der Waals surface area contributed by atoms with Crippen molar-refractivity contribution >= 4 is 11.9 Å². The topological polar surface area (TPSA) is 72.6 Å². The maximum Gasteiger partial charge on any atom is 0.325 e. The molecule has 21 heavy (non-hydrogen) atoms. The predicted molar refractivity (Wildman–Crippen MR) is 79.3 cm³/mol. The van der Waals surface area contributed by atoms with E-state index in [0.717, 1.165) is 24.8 Å². The minimum Gasteiger partial charge on any atom is -0.459 e. The first-order valence-corrected chi connectivity index (χ1v) is 7.41. The van der Waals surface area contributed by atoms with Crippen molar-refractivity contribution in [2.75, 3.05) is 13.1 Å². The molecule has 1 atom stereocenters. The Bertz CT molecular complexity index is 476. The number of carbonyl (C=O) groups excluding carboxylic acids is 2. The number of nitrogens with zero attached hydrogens (tertiary/aromatic N) is 1. The fourth-order valence-electron chi connectivity index (χ4n) is 2.41. The van der Waals surface area contributed by atoms with E-state index in [9.17, 15) is 9.59 Å². The third-order valence-electron chi connectivity index (χ3n) is 3.63. The highest BCUT2D eigenvalue weighted by Crippen LogP contribution is 2.11. The van der Waals surface area contributed by atoms with Crippen LogP contribution in [0.25, 0.3) is 0 Å². The first kappa shape index (κ1) is 15.5. The van der Waals surface area contributed by atoms with Gasteiger partial charge in [-0.2, -0.15) is 0 Å². The maximum atomic E-state index is 12.1. The molecule has 0 aromatic heterocycles. The van der Waals surface area contributed by atoms with Crippen molar-refractivity contribution in [2.45, 2.75) is 38.3 Å². The number of likely N-dealkylation sites (tertiary alicyclic amines) is 1. The number of esters is 1. The molecule has 1 aromatic rings. The highest BCUT2D eigenvalue weighted by atomic mass is 16.5.